The molecule has 0 aromatic carbocycles. The first-order valence-electron chi connectivity index (χ1n) is 8.76. The molecule has 1 aliphatic rings. The predicted octanol–water partition coefficient (Wildman–Crippen LogP) is 1.54. The molecule has 2 rings (SSSR count). The van der Waals surface area contributed by atoms with E-state index < -0.39 is 0 Å². The Labute approximate surface area is 168 Å². The number of nitrogens with zero attached hydrogens (tertiary/aromatic N) is 5. The van der Waals surface area contributed by atoms with Gasteiger partial charge in [0, 0.05) is 59.3 Å². The number of hydrogen-bond donors (Lipinski definition) is 1. The van der Waals surface area contributed by atoms with Crippen LogP contribution in [0.25, 0.3) is 0 Å². The Bertz CT molecular complexity index is 495. The number of halogens is 1. The Hall–Kier alpha value is -0.870. The highest BCUT2D eigenvalue weighted by Crippen LogP contribution is 2.27. The number of hydrogen-bond acceptors (Lipinski definition) is 4. The summed E-state index contributed by atoms with van der Waals surface area (Å²) in [7, 11) is 5.71. The van der Waals surface area contributed by atoms with Gasteiger partial charge < -0.3 is 24.4 Å². The number of likely N-dealkylation sites (tertiary alicyclic amines) is 1. The molecule has 25 heavy (non-hydrogen) atoms. The van der Waals surface area contributed by atoms with Gasteiger partial charge in [-0.3, -0.25) is 4.99 Å². The molecule has 0 saturated carbocycles. The minimum atomic E-state index is 0. The summed E-state index contributed by atoms with van der Waals surface area (Å²) in [5, 5.41) is 3.50. The zero-order valence-corrected chi connectivity index (χ0v) is 18.2. The predicted molar refractivity (Wildman–Crippen MR) is 113 cm³/mol. The lowest BCUT2D eigenvalue weighted by Crippen LogP contribution is -2.50. The lowest BCUT2D eigenvalue weighted by Gasteiger charge is -2.39. The molecule has 2 atom stereocenters. The van der Waals surface area contributed by atoms with E-state index in [4.69, 9.17) is 4.74 Å². The highest BCUT2D eigenvalue weighted by atomic mass is 127. The molecule has 1 fully saturated rings. The molecule has 0 aliphatic carbocycles. The van der Waals surface area contributed by atoms with E-state index in [1.165, 1.54) is 0 Å². The highest BCUT2D eigenvalue weighted by molar-refractivity contribution is 14.0. The molecular weight excluding hydrogens is 431 g/mol. The summed E-state index contributed by atoms with van der Waals surface area (Å²) in [6.07, 6.45) is 7.00. The number of imidazole rings is 1. The maximum Gasteiger partial charge on any atom is 0.193 e. The van der Waals surface area contributed by atoms with Crippen LogP contribution >= 0.6 is 24.0 Å². The first-order chi connectivity index (χ1) is 11.7. The number of nitrogens with one attached hydrogen (secondary N) is 1. The number of methoxy groups -OCH3 is 1. The normalized spacial score (nSPS) is 21.3. The van der Waals surface area contributed by atoms with Gasteiger partial charge in [0.15, 0.2) is 5.96 Å². The van der Waals surface area contributed by atoms with E-state index in [9.17, 15) is 0 Å². The summed E-state index contributed by atoms with van der Waals surface area (Å²) in [5.74, 6) is 1.64. The van der Waals surface area contributed by atoms with Crippen molar-refractivity contribution >= 4 is 29.9 Å². The molecule has 0 bridgehead atoms. The Morgan fingerprint density at radius 1 is 1.44 bits per heavy atom. The van der Waals surface area contributed by atoms with E-state index in [0.717, 1.165) is 51.7 Å². The van der Waals surface area contributed by atoms with Crippen LogP contribution in [0.15, 0.2) is 23.7 Å². The smallest absolute Gasteiger partial charge is 0.193 e. The maximum absolute atomic E-state index is 5.11. The fourth-order valence-corrected chi connectivity index (χ4v) is 3.14. The van der Waals surface area contributed by atoms with E-state index in [0.29, 0.717) is 12.0 Å². The molecule has 144 valence electrons. The average molecular weight is 464 g/mol. The number of guanidine groups is 1. The van der Waals surface area contributed by atoms with Crippen LogP contribution in [0.5, 0.6) is 0 Å². The van der Waals surface area contributed by atoms with Gasteiger partial charge in [-0.1, -0.05) is 6.92 Å². The van der Waals surface area contributed by atoms with Crippen molar-refractivity contribution in [3.05, 3.63) is 18.7 Å². The van der Waals surface area contributed by atoms with Crippen LogP contribution < -0.4 is 5.32 Å². The Balaban J connectivity index is 0.00000312. The summed E-state index contributed by atoms with van der Waals surface area (Å²) in [4.78, 5) is 13.3. The van der Waals surface area contributed by atoms with Gasteiger partial charge in [0.05, 0.1) is 19.0 Å². The molecule has 2 heterocycles. The minimum Gasteiger partial charge on any atom is -0.383 e. The van der Waals surface area contributed by atoms with Crippen molar-refractivity contribution in [2.75, 3.05) is 60.5 Å². The minimum absolute atomic E-state index is 0. The zero-order chi connectivity index (χ0) is 17.4. The highest BCUT2D eigenvalue weighted by Gasteiger charge is 2.28. The molecule has 1 aromatic heterocycles. The second kappa shape index (κ2) is 11.7. The van der Waals surface area contributed by atoms with E-state index in [1.807, 2.05) is 19.6 Å². The molecule has 1 N–H and O–H groups in total. The van der Waals surface area contributed by atoms with E-state index in [-0.39, 0.29) is 24.0 Å². The molecule has 1 aromatic rings. The average Bonchev–Trinajstić information content (AvgIpc) is 3.12. The lowest BCUT2D eigenvalue weighted by molar-refractivity contribution is 0.161. The molecule has 1 saturated heterocycles. The number of rotatable bonds is 7. The van der Waals surface area contributed by atoms with Crippen LogP contribution in [-0.4, -0.2) is 85.8 Å². The summed E-state index contributed by atoms with van der Waals surface area (Å²) >= 11 is 0. The summed E-state index contributed by atoms with van der Waals surface area (Å²) in [6.45, 7) is 7.90. The van der Waals surface area contributed by atoms with Crippen molar-refractivity contribution in [1.29, 1.82) is 0 Å². The monoisotopic (exact) mass is 464 g/mol. The second-order valence-electron chi connectivity index (χ2n) is 6.56. The van der Waals surface area contributed by atoms with Crippen molar-refractivity contribution in [2.45, 2.75) is 19.4 Å². The molecule has 2 unspecified atom stereocenters. The van der Waals surface area contributed by atoms with Crippen LogP contribution in [0.4, 0.5) is 0 Å². The zero-order valence-electron chi connectivity index (χ0n) is 15.9. The molecule has 0 radical (unpaired) electrons. The van der Waals surface area contributed by atoms with Gasteiger partial charge in [-0.05, 0) is 19.4 Å². The summed E-state index contributed by atoms with van der Waals surface area (Å²) in [5.41, 5.74) is 0. The van der Waals surface area contributed by atoms with Gasteiger partial charge in [0.2, 0.25) is 0 Å². The standard InChI is InChI=1S/C17H32N6O.HI/c1-15-5-8-22(13-16(15)23-10-6-19-14-23)17(18-2)20-7-9-21(3)11-12-24-4;/h6,10,14-16H,5,7-9,11-13H2,1-4H3,(H,18,20);1H. The number of likely N-dealkylation sites (N-methyl/N-ethyl adjacent to an activating group) is 1. The van der Waals surface area contributed by atoms with Crippen LogP contribution in [0.3, 0.4) is 0 Å². The van der Waals surface area contributed by atoms with Gasteiger partial charge >= 0.3 is 0 Å². The molecule has 7 nitrogen and oxygen atoms in total. The molecule has 0 spiro atoms. The Morgan fingerprint density at radius 2 is 2.24 bits per heavy atom. The topological polar surface area (TPSA) is 57.9 Å². The van der Waals surface area contributed by atoms with Gasteiger partial charge in [-0.2, -0.15) is 0 Å². The van der Waals surface area contributed by atoms with Crippen molar-refractivity contribution in [1.82, 2.24) is 24.7 Å². The largest absolute Gasteiger partial charge is 0.383 e. The van der Waals surface area contributed by atoms with Crippen molar-refractivity contribution in [3.63, 3.8) is 0 Å². The maximum atomic E-state index is 5.11. The number of ether oxygens (including phenoxy) is 1. The molecule has 1 aliphatic heterocycles. The van der Waals surface area contributed by atoms with Gasteiger partial charge in [0.25, 0.3) is 0 Å². The summed E-state index contributed by atoms with van der Waals surface area (Å²) < 4.78 is 7.34. The fraction of sp³-hybridized carbons (Fsp3) is 0.765. The van der Waals surface area contributed by atoms with Crippen molar-refractivity contribution in [2.24, 2.45) is 10.9 Å². The first kappa shape index (κ1) is 22.2. The number of aromatic nitrogens is 2. The van der Waals surface area contributed by atoms with Crippen LogP contribution in [-0.2, 0) is 4.74 Å². The SMILES string of the molecule is CN=C(NCCN(C)CCOC)N1CCC(C)C(n2ccnc2)C1.I. The Morgan fingerprint density at radius 3 is 2.88 bits per heavy atom. The van der Waals surface area contributed by atoms with Crippen LogP contribution in [0, 0.1) is 5.92 Å². The van der Waals surface area contributed by atoms with Crippen molar-refractivity contribution < 1.29 is 4.74 Å². The first-order valence-corrected chi connectivity index (χ1v) is 8.76. The molecule has 0 amide bonds. The molecular formula is C17H33IN6O. The third kappa shape index (κ3) is 6.74. The van der Waals surface area contributed by atoms with Gasteiger partial charge in [-0.25, -0.2) is 4.98 Å². The lowest BCUT2D eigenvalue weighted by atomic mass is 9.93. The third-order valence-electron chi connectivity index (χ3n) is 4.79. The molecule has 8 heteroatoms. The second-order valence-corrected chi connectivity index (χ2v) is 6.56. The quantitative estimate of drug-likeness (QED) is 0.377. The van der Waals surface area contributed by atoms with E-state index in [1.54, 1.807) is 7.11 Å². The number of aliphatic imine (C=N–C) groups is 1. The Kier molecular flexibility index (Phi) is 10.4. The number of piperidine rings is 1. The van der Waals surface area contributed by atoms with E-state index in [2.05, 4.69) is 49.8 Å². The summed E-state index contributed by atoms with van der Waals surface area (Å²) in [6, 6.07) is 0.448. The van der Waals surface area contributed by atoms with E-state index >= 15 is 0 Å². The van der Waals surface area contributed by atoms with Crippen LogP contribution in [0.2, 0.25) is 0 Å². The van der Waals surface area contributed by atoms with Gasteiger partial charge in [-0.15, -0.1) is 24.0 Å². The fourth-order valence-electron chi connectivity index (χ4n) is 3.14. The van der Waals surface area contributed by atoms with Crippen LogP contribution in [0.1, 0.15) is 19.4 Å². The van der Waals surface area contributed by atoms with Gasteiger partial charge in [0.1, 0.15) is 0 Å². The van der Waals surface area contributed by atoms with Crippen molar-refractivity contribution in [3.8, 4) is 0 Å². The third-order valence-corrected chi connectivity index (χ3v) is 4.79.